The number of piperazine rings is 1. The lowest BCUT2D eigenvalue weighted by atomic mass is 10.3. The number of hydrogen-bond acceptors (Lipinski definition) is 5. The molecule has 0 radical (unpaired) electrons. The Morgan fingerprint density at radius 1 is 1.04 bits per heavy atom. The summed E-state index contributed by atoms with van der Waals surface area (Å²) < 4.78 is 39.3. The highest BCUT2D eigenvalue weighted by atomic mass is 32.2. The molecule has 0 atom stereocenters. The third kappa shape index (κ3) is 3.59. The van der Waals surface area contributed by atoms with E-state index < -0.39 is 21.4 Å². The number of carbonyl (C=O) groups is 1. The molecule has 132 valence electrons. The van der Waals surface area contributed by atoms with Gasteiger partial charge in [-0.2, -0.15) is 9.40 Å². The third-order valence-electron chi connectivity index (χ3n) is 3.88. The average Bonchev–Trinajstić information content (AvgIpc) is 2.62. The molecule has 1 amide bonds. The van der Waals surface area contributed by atoms with Gasteiger partial charge in [0.2, 0.25) is 10.0 Å². The zero-order valence-corrected chi connectivity index (χ0v) is 13.9. The summed E-state index contributed by atoms with van der Waals surface area (Å²) in [7, 11) is -3.73. The van der Waals surface area contributed by atoms with E-state index in [0.717, 1.165) is 12.1 Å². The lowest BCUT2D eigenvalue weighted by molar-refractivity contribution is 0.0690. The smallest absolute Gasteiger partial charge is 0.274 e. The van der Waals surface area contributed by atoms with Crippen LogP contribution in [-0.4, -0.2) is 59.9 Å². The predicted molar refractivity (Wildman–Crippen MR) is 85.9 cm³/mol. The Morgan fingerprint density at radius 3 is 2.24 bits per heavy atom. The number of halogens is 1. The monoisotopic (exact) mass is 366 g/mol. The van der Waals surface area contributed by atoms with Gasteiger partial charge in [0.15, 0.2) is 0 Å². The summed E-state index contributed by atoms with van der Waals surface area (Å²) in [6.07, 6.45) is 0. The van der Waals surface area contributed by atoms with Crippen molar-refractivity contribution >= 4 is 15.9 Å². The van der Waals surface area contributed by atoms with E-state index in [-0.39, 0.29) is 42.7 Å². The van der Waals surface area contributed by atoms with Crippen molar-refractivity contribution in [2.24, 2.45) is 0 Å². The third-order valence-corrected chi connectivity index (χ3v) is 5.79. The zero-order chi connectivity index (χ0) is 18.0. The van der Waals surface area contributed by atoms with Crippen LogP contribution in [0.15, 0.2) is 46.1 Å². The summed E-state index contributed by atoms with van der Waals surface area (Å²) in [5, 5.41) is 5.87. The first-order chi connectivity index (χ1) is 11.9. The molecule has 1 aromatic heterocycles. The van der Waals surface area contributed by atoms with Crippen molar-refractivity contribution in [2.45, 2.75) is 4.90 Å². The lowest BCUT2D eigenvalue weighted by Crippen LogP contribution is -2.50. The number of hydrogen-bond donors (Lipinski definition) is 1. The van der Waals surface area contributed by atoms with E-state index in [1.165, 1.54) is 33.5 Å². The van der Waals surface area contributed by atoms with Gasteiger partial charge in [-0.3, -0.25) is 9.59 Å². The molecule has 0 aliphatic carbocycles. The van der Waals surface area contributed by atoms with Crippen LogP contribution in [0.5, 0.6) is 0 Å². The van der Waals surface area contributed by atoms with Crippen LogP contribution in [-0.2, 0) is 10.0 Å². The SMILES string of the molecule is O=C(c1ccc(=O)[nH]n1)N1CCN(S(=O)(=O)c2ccc(F)cc2)CC1. The maximum Gasteiger partial charge on any atom is 0.274 e. The Morgan fingerprint density at radius 2 is 1.68 bits per heavy atom. The molecule has 1 aliphatic rings. The molecule has 3 rings (SSSR count). The molecule has 25 heavy (non-hydrogen) atoms. The van der Waals surface area contributed by atoms with Gasteiger partial charge < -0.3 is 4.90 Å². The quantitative estimate of drug-likeness (QED) is 0.827. The van der Waals surface area contributed by atoms with E-state index >= 15 is 0 Å². The summed E-state index contributed by atoms with van der Waals surface area (Å²) in [5.74, 6) is -0.891. The van der Waals surface area contributed by atoms with Crippen LogP contribution in [0.25, 0.3) is 0 Å². The molecule has 2 heterocycles. The second kappa shape index (κ2) is 6.73. The fraction of sp³-hybridized carbons (Fsp3) is 0.267. The van der Waals surface area contributed by atoms with Crippen LogP contribution in [0.3, 0.4) is 0 Å². The van der Waals surface area contributed by atoms with Crippen molar-refractivity contribution in [3.63, 3.8) is 0 Å². The van der Waals surface area contributed by atoms with Crippen LogP contribution in [0.2, 0.25) is 0 Å². The van der Waals surface area contributed by atoms with E-state index in [1.807, 2.05) is 0 Å². The highest BCUT2D eigenvalue weighted by Gasteiger charge is 2.30. The van der Waals surface area contributed by atoms with E-state index in [4.69, 9.17) is 0 Å². The Labute approximate surface area is 142 Å². The second-order valence-electron chi connectivity index (χ2n) is 5.46. The molecule has 8 nitrogen and oxygen atoms in total. The number of nitrogens with zero attached hydrogens (tertiary/aromatic N) is 3. The Bertz CT molecular complexity index is 914. The van der Waals surface area contributed by atoms with Gasteiger partial charge in [0.1, 0.15) is 11.5 Å². The first-order valence-corrected chi connectivity index (χ1v) is 8.93. The number of carbonyl (C=O) groups excluding carboxylic acids is 1. The number of sulfonamides is 1. The normalized spacial score (nSPS) is 16.0. The van der Waals surface area contributed by atoms with Crippen molar-refractivity contribution in [3.05, 3.63) is 58.3 Å². The van der Waals surface area contributed by atoms with Crippen molar-refractivity contribution in [2.75, 3.05) is 26.2 Å². The van der Waals surface area contributed by atoms with Crippen LogP contribution in [0.1, 0.15) is 10.5 Å². The van der Waals surface area contributed by atoms with Crippen molar-refractivity contribution in [3.8, 4) is 0 Å². The second-order valence-corrected chi connectivity index (χ2v) is 7.39. The van der Waals surface area contributed by atoms with Crippen LogP contribution in [0, 0.1) is 5.82 Å². The Hall–Kier alpha value is -2.59. The maximum absolute atomic E-state index is 13.0. The van der Waals surface area contributed by atoms with Crippen LogP contribution in [0.4, 0.5) is 4.39 Å². The fourth-order valence-corrected chi connectivity index (χ4v) is 3.93. The molecule has 2 aromatic rings. The topological polar surface area (TPSA) is 103 Å². The molecule has 0 spiro atoms. The molecule has 1 fully saturated rings. The van der Waals surface area contributed by atoms with E-state index in [2.05, 4.69) is 10.2 Å². The zero-order valence-electron chi connectivity index (χ0n) is 13.1. The molecule has 1 N–H and O–H groups in total. The van der Waals surface area contributed by atoms with Crippen molar-refractivity contribution in [1.82, 2.24) is 19.4 Å². The van der Waals surface area contributed by atoms with Gasteiger partial charge in [0, 0.05) is 32.2 Å². The van der Waals surface area contributed by atoms with Crippen molar-refractivity contribution < 1.29 is 17.6 Å². The van der Waals surface area contributed by atoms with E-state index in [1.54, 1.807) is 0 Å². The lowest BCUT2D eigenvalue weighted by Gasteiger charge is -2.33. The van der Waals surface area contributed by atoms with Gasteiger partial charge >= 0.3 is 0 Å². The molecular formula is C15H15FN4O4S. The number of amides is 1. The first kappa shape index (κ1) is 17.2. The minimum absolute atomic E-state index is 0.0102. The summed E-state index contributed by atoms with van der Waals surface area (Å²) in [4.78, 5) is 24.8. The van der Waals surface area contributed by atoms with Gasteiger partial charge in [-0.15, -0.1) is 0 Å². The highest BCUT2D eigenvalue weighted by Crippen LogP contribution is 2.18. The standard InChI is InChI=1S/C15H15FN4O4S/c16-11-1-3-12(4-2-11)25(23,24)20-9-7-19(8-10-20)15(22)13-5-6-14(21)18-17-13/h1-6H,7-10H2,(H,18,21). The minimum Gasteiger partial charge on any atom is -0.335 e. The van der Waals surface area contributed by atoms with E-state index in [9.17, 15) is 22.4 Å². The predicted octanol–water partition coefficient (Wildman–Crippen LogP) is 0.0557. The van der Waals surface area contributed by atoms with Gasteiger partial charge in [-0.1, -0.05) is 0 Å². The first-order valence-electron chi connectivity index (χ1n) is 7.49. The number of nitrogens with one attached hydrogen (secondary N) is 1. The number of aromatic amines is 1. The largest absolute Gasteiger partial charge is 0.335 e. The highest BCUT2D eigenvalue weighted by molar-refractivity contribution is 7.89. The molecule has 0 bridgehead atoms. The molecule has 0 unspecified atom stereocenters. The number of rotatable bonds is 3. The minimum atomic E-state index is -3.73. The van der Waals surface area contributed by atoms with Gasteiger partial charge in [0.05, 0.1) is 4.90 Å². The average molecular weight is 366 g/mol. The van der Waals surface area contributed by atoms with Crippen LogP contribution < -0.4 is 5.56 Å². The van der Waals surface area contributed by atoms with Crippen molar-refractivity contribution in [1.29, 1.82) is 0 Å². The molecule has 1 saturated heterocycles. The van der Waals surface area contributed by atoms with Gasteiger partial charge in [-0.05, 0) is 30.3 Å². The Kier molecular flexibility index (Phi) is 4.64. The fourth-order valence-electron chi connectivity index (χ4n) is 2.51. The molecule has 0 saturated carbocycles. The molecule has 10 heteroatoms. The Balaban J connectivity index is 1.69. The molecule has 1 aromatic carbocycles. The summed E-state index contributed by atoms with van der Waals surface area (Å²) in [6.45, 7) is 0.629. The van der Waals surface area contributed by atoms with Gasteiger partial charge in [-0.25, -0.2) is 17.9 Å². The van der Waals surface area contributed by atoms with Gasteiger partial charge in [0.25, 0.3) is 11.5 Å². The summed E-state index contributed by atoms with van der Waals surface area (Å²) >= 11 is 0. The number of benzene rings is 1. The number of aromatic nitrogens is 2. The summed E-state index contributed by atoms with van der Waals surface area (Å²) in [6, 6.07) is 7.14. The molecular weight excluding hydrogens is 351 g/mol. The van der Waals surface area contributed by atoms with Crippen LogP contribution >= 0.6 is 0 Å². The molecule has 1 aliphatic heterocycles. The summed E-state index contributed by atoms with van der Waals surface area (Å²) in [5.41, 5.74) is -0.318. The maximum atomic E-state index is 13.0. The van der Waals surface area contributed by atoms with E-state index in [0.29, 0.717) is 0 Å². The number of H-pyrrole nitrogens is 1.